The van der Waals surface area contributed by atoms with Crippen LogP contribution in [0.2, 0.25) is 0 Å². The van der Waals surface area contributed by atoms with Gasteiger partial charge in [0.05, 0.1) is 0 Å². The normalized spacial score (nSPS) is 17.1. The van der Waals surface area contributed by atoms with Gasteiger partial charge in [-0.1, -0.05) is 25.1 Å². The van der Waals surface area contributed by atoms with Gasteiger partial charge in [-0.05, 0) is 43.4 Å². The van der Waals surface area contributed by atoms with E-state index < -0.39 is 0 Å². The number of para-hydroxylation sites is 1. The molecular weight excluding hydrogens is 196 g/mol. The molecule has 0 spiro atoms. The van der Waals surface area contributed by atoms with Gasteiger partial charge < -0.3 is 10.6 Å². The van der Waals surface area contributed by atoms with Gasteiger partial charge in [-0.2, -0.15) is 0 Å². The predicted octanol–water partition coefficient (Wildman–Crippen LogP) is 2.73. The van der Waals surface area contributed by atoms with Crippen molar-refractivity contribution in [3.05, 3.63) is 30.3 Å². The van der Waals surface area contributed by atoms with E-state index >= 15 is 0 Å². The van der Waals surface area contributed by atoms with Crippen molar-refractivity contribution in [1.82, 2.24) is 5.32 Å². The van der Waals surface area contributed by atoms with Crippen LogP contribution in [0, 0.1) is 11.8 Å². The summed E-state index contributed by atoms with van der Waals surface area (Å²) in [6, 6.07) is 10.4. The summed E-state index contributed by atoms with van der Waals surface area (Å²) in [5.74, 6) is 1.87. The van der Waals surface area contributed by atoms with Crippen molar-refractivity contribution >= 4 is 5.69 Å². The number of rotatable bonds is 7. The molecule has 88 valence electrons. The Balaban J connectivity index is 1.52. The Hall–Kier alpha value is -1.02. The summed E-state index contributed by atoms with van der Waals surface area (Å²) in [4.78, 5) is 0. The van der Waals surface area contributed by atoms with Crippen molar-refractivity contribution in [1.29, 1.82) is 0 Å². The van der Waals surface area contributed by atoms with Crippen LogP contribution in [-0.2, 0) is 0 Å². The van der Waals surface area contributed by atoms with Gasteiger partial charge in [0.15, 0.2) is 0 Å². The standard InChI is InChI=1S/C14H22N2/c1-12(13-7-8-13)11-15-9-10-16-14-5-3-2-4-6-14/h2-6,12-13,15-16H,7-11H2,1H3. The molecule has 16 heavy (non-hydrogen) atoms. The van der Waals surface area contributed by atoms with Gasteiger partial charge in [0, 0.05) is 18.8 Å². The van der Waals surface area contributed by atoms with Crippen molar-refractivity contribution < 1.29 is 0 Å². The first kappa shape index (κ1) is 11.5. The first-order valence-corrected chi connectivity index (χ1v) is 6.36. The Morgan fingerprint density at radius 1 is 1.19 bits per heavy atom. The highest BCUT2D eigenvalue weighted by Gasteiger charge is 2.27. The highest BCUT2D eigenvalue weighted by molar-refractivity contribution is 5.42. The van der Waals surface area contributed by atoms with Crippen LogP contribution in [0.4, 0.5) is 5.69 Å². The third-order valence-corrected chi connectivity index (χ3v) is 3.30. The zero-order valence-corrected chi connectivity index (χ0v) is 10.1. The SMILES string of the molecule is CC(CNCCNc1ccccc1)C1CC1. The molecule has 1 aromatic rings. The average Bonchev–Trinajstić information content (AvgIpc) is 3.13. The van der Waals surface area contributed by atoms with E-state index in [4.69, 9.17) is 0 Å². The molecule has 2 heteroatoms. The zero-order chi connectivity index (χ0) is 11.2. The molecule has 0 saturated heterocycles. The fraction of sp³-hybridized carbons (Fsp3) is 0.571. The molecule has 2 N–H and O–H groups in total. The molecule has 1 unspecified atom stereocenters. The number of hydrogen-bond donors (Lipinski definition) is 2. The first-order valence-electron chi connectivity index (χ1n) is 6.36. The van der Waals surface area contributed by atoms with Crippen LogP contribution >= 0.6 is 0 Å². The van der Waals surface area contributed by atoms with E-state index in [0.29, 0.717) is 0 Å². The molecule has 1 fully saturated rings. The van der Waals surface area contributed by atoms with Crippen molar-refractivity contribution in [2.75, 3.05) is 25.0 Å². The lowest BCUT2D eigenvalue weighted by Gasteiger charge is -2.12. The van der Waals surface area contributed by atoms with Gasteiger partial charge in [-0.15, -0.1) is 0 Å². The summed E-state index contributed by atoms with van der Waals surface area (Å²) in [6.07, 6.45) is 2.90. The number of anilines is 1. The Morgan fingerprint density at radius 2 is 1.94 bits per heavy atom. The number of benzene rings is 1. The monoisotopic (exact) mass is 218 g/mol. The maximum absolute atomic E-state index is 3.51. The third-order valence-electron chi connectivity index (χ3n) is 3.30. The molecule has 0 radical (unpaired) electrons. The van der Waals surface area contributed by atoms with E-state index in [2.05, 4.69) is 41.8 Å². The first-order chi connectivity index (χ1) is 7.86. The zero-order valence-electron chi connectivity index (χ0n) is 10.1. The molecule has 1 aliphatic rings. The Labute approximate surface area is 98.4 Å². The van der Waals surface area contributed by atoms with Gasteiger partial charge in [0.2, 0.25) is 0 Å². The lowest BCUT2D eigenvalue weighted by molar-refractivity contribution is 0.467. The molecule has 1 aromatic carbocycles. The molecule has 0 amide bonds. The second-order valence-electron chi connectivity index (χ2n) is 4.81. The van der Waals surface area contributed by atoms with Crippen LogP contribution in [-0.4, -0.2) is 19.6 Å². The Bertz CT molecular complexity index is 293. The topological polar surface area (TPSA) is 24.1 Å². The van der Waals surface area contributed by atoms with Gasteiger partial charge >= 0.3 is 0 Å². The summed E-state index contributed by atoms with van der Waals surface area (Å²) in [6.45, 7) is 5.57. The molecule has 1 aliphatic carbocycles. The van der Waals surface area contributed by atoms with Crippen LogP contribution in [0.1, 0.15) is 19.8 Å². The van der Waals surface area contributed by atoms with E-state index in [1.165, 1.54) is 25.1 Å². The Morgan fingerprint density at radius 3 is 2.62 bits per heavy atom. The smallest absolute Gasteiger partial charge is 0.0340 e. The van der Waals surface area contributed by atoms with Crippen LogP contribution < -0.4 is 10.6 Å². The minimum atomic E-state index is 0.858. The van der Waals surface area contributed by atoms with Crippen LogP contribution in [0.15, 0.2) is 30.3 Å². The lowest BCUT2D eigenvalue weighted by atomic mass is 10.1. The molecule has 0 bridgehead atoms. The number of hydrogen-bond acceptors (Lipinski definition) is 2. The predicted molar refractivity (Wildman–Crippen MR) is 69.7 cm³/mol. The largest absolute Gasteiger partial charge is 0.384 e. The maximum atomic E-state index is 3.51. The van der Waals surface area contributed by atoms with E-state index in [-0.39, 0.29) is 0 Å². The molecule has 0 aromatic heterocycles. The molecular formula is C14H22N2. The van der Waals surface area contributed by atoms with Crippen molar-refractivity contribution in [3.8, 4) is 0 Å². The van der Waals surface area contributed by atoms with E-state index in [1.54, 1.807) is 0 Å². The van der Waals surface area contributed by atoms with Gasteiger partial charge in [0.1, 0.15) is 0 Å². The third kappa shape index (κ3) is 3.86. The molecule has 0 heterocycles. The lowest BCUT2D eigenvalue weighted by Crippen LogP contribution is -2.27. The highest BCUT2D eigenvalue weighted by Crippen LogP contribution is 2.35. The van der Waals surface area contributed by atoms with Crippen LogP contribution in [0.25, 0.3) is 0 Å². The second kappa shape index (κ2) is 5.90. The summed E-state index contributed by atoms with van der Waals surface area (Å²) in [7, 11) is 0. The van der Waals surface area contributed by atoms with Crippen LogP contribution in [0.3, 0.4) is 0 Å². The summed E-state index contributed by atoms with van der Waals surface area (Å²) < 4.78 is 0. The Kier molecular flexibility index (Phi) is 4.23. The average molecular weight is 218 g/mol. The molecule has 1 saturated carbocycles. The molecule has 2 rings (SSSR count). The quantitative estimate of drug-likeness (QED) is 0.688. The van der Waals surface area contributed by atoms with Crippen molar-refractivity contribution in [2.24, 2.45) is 11.8 Å². The maximum Gasteiger partial charge on any atom is 0.0340 e. The minimum absolute atomic E-state index is 0.858. The van der Waals surface area contributed by atoms with Gasteiger partial charge in [0.25, 0.3) is 0 Å². The summed E-state index contributed by atoms with van der Waals surface area (Å²) >= 11 is 0. The highest BCUT2D eigenvalue weighted by atomic mass is 14.9. The van der Waals surface area contributed by atoms with E-state index in [0.717, 1.165) is 24.9 Å². The van der Waals surface area contributed by atoms with Gasteiger partial charge in [-0.25, -0.2) is 0 Å². The number of nitrogens with one attached hydrogen (secondary N) is 2. The van der Waals surface area contributed by atoms with E-state index in [9.17, 15) is 0 Å². The fourth-order valence-electron chi connectivity index (χ4n) is 2.01. The molecule has 1 atom stereocenters. The van der Waals surface area contributed by atoms with Gasteiger partial charge in [-0.3, -0.25) is 0 Å². The summed E-state index contributed by atoms with van der Waals surface area (Å²) in [5, 5.41) is 6.91. The van der Waals surface area contributed by atoms with E-state index in [1.807, 2.05) is 6.07 Å². The fourth-order valence-corrected chi connectivity index (χ4v) is 2.01. The second-order valence-corrected chi connectivity index (χ2v) is 4.81. The molecule has 0 aliphatic heterocycles. The van der Waals surface area contributed by atoms with Crippen molar-refractivity contribution in [3.63, 3.8) is 0 Å². The minimum Gasteiger partial charge on any atom is -0.384 e. The van der Waals surface area contributed by atoms with Crippen LogP contribution in [0.5, 0.6) is 0 Å². The molecule has 2 nitrogen and oxygen atoms in total. The summed E-state index contributed by atoms with van der Waals surface area (Å²) in [5.41, 5.74) is 1.21. The van der Waals surface area contributed by atoms with Crippen molar-refractivity contribution in [2.45, 2.75) is 19.8 Å².